The van der Waals surface area contributed by atoms with E-state index >= 15 is 0 Å². The largest absolute Gasteiger partial charge is 0.384 e. The number of nitrogens with zero attached hydrogens (tertiary/aromatic N) is 3. The third-order valence-corrected chi connectivity index (χ3v) is 3.18. The summed E-state index contributed by atoms with van der Waals surface area (Å²) in [6, 6.07) is 10.2. The number of unbranched alkanes of at least 4 members (excludes halogenated alkanes) is 1. The molecule has 2 N–H and O–H groups in total. The Kier molecular flexibility index (Phi) is 4.10. The quantitative estimate of drug-likeness (QED) is 0.897. The first-order chi connectivity index (χ1) is 9.11. The van der Waals surface area contributed by atoms with E-state index in [-0.39, 0.29) is 0 Å². The van der Waals surface area contributed by atoms with Crippen LogP contribution in [0.3, 0.4) is 0 Å². The fraction of sp³-hybridized carbons (Fsp3) is 0.400. The lowest BCUT2D eigenvalue weighted by Crippen LogP contribution is -2.09. The molecule has 0 atom stereocenters. The molecule has 0 bridgehead atoms. The van der Waals surface area contributed by atoms with Gasteiger partial charge in [-0.3, -0.25) is 0 Å². The molecular weight excluding hydrogens is 236 g/mol. The molecule has 0 unspecified atom stereocenters. The van der Waals surface area contributed by atoms with Crippen molar-refractivity contribution in [3.05, 3.63) is 36.0 Å². The van der Waals surface area contributed by atoms with Gasteiger partial charge in [0, 0.05) is 25.8 Å². The normalized spacial score (nSPS) is 10.7. The lowest BCUT2D eigenvalue weighted by molar-refractivity contribution is 0.753. The van der Waals surface area contributed by atoms with Crippen LogP contribution in [-0.2, 0) is 6.42 Å². The molecule has 4 nitrogen and oxygen atoms in total. The Morgan fingerprint density at radius 2 is 1.89 bits per heavy atom. The molecule has 0 saturated heterocycles. The molecule has 0 aliphatic heterocycles. The molecule has 0 aliphatic carbocycles. The molecule has 1 aromatic carbocycles. The fourth-order valence-corrected chi connectivity index (χ4v) is 2.03. The monoisotopic (exact) mass is 258 g/mol. The van der Waals surface area contributed by atoms with Crippen LogP contribution in [0.25, 0.3) is 5.69 Å². The summed E-state index contributed by atoms with van der Waals surface area (Å²) in [7, 11) is 4.06. The second-order valence-electron chi connectivity index (χ2n) is 4.99. The highest BCUT2D eigenvalue weighted by Gasteiger charge is 2.07. The maximum Gasteiger partial charge on any atom is 0.127 e. The first-order valence-corrected chi connectivity index (χ1v) is 6.74. The van der Waals surface area contributed by atoms with Crippen LogP contribution < -0.4 is 10.6 Å². The van der Waals surface area contributed by atoms with Gasteiger partial charge in [0.1, 0.15) is 5.82 Å². The first-order valence-electron chi connectivity index (χ1n) is 6.74. The fourth-order valence-electron chi connectivity index (χ4n) is 2.03. The van der Waals surface area contributed by atoms with Crippen LogP contribution in [0, 0.1) is 0 Å². The van der Waals surface area contributed by atoms with E-state index in [0.717, 1.165) is 24.2 Å². The zero-order chi connectivity index (χ0) is 13.8. The van der Waals surface area contributed by atoms with Crippen molar-refractivity contribution in [2.75, 3.05) is 24.7 Å². The molecule has 0 saturated carbocycles. The van der Waals surface area contributed by atoms with Crippen molar-refractivity contribution in [2.24, 2.45) is 0 Å². The van der Waals surface area contributed by atoms with Crippen LogP contribution in [0.5, 0.6) is 0 Å². The van der Waals surface area contributed by atoms with Crippen LogP contribution in [0.2, 0.25) is 0 Å². The maximum absolute atomic E-state index is 6.03. The Bertz CT molecular complexity index is 526. The van der Waals surface area contributed by atoms with E-state index in [0.29, 0.717) is 5.82 Å². The van der Waals surface area contributed by atoms with E-state index in [9.17, 15) is 0 Å². The Morgan fingerprint density at radius 1 is 1.21 bits per heavy atom. The molecule has 19 heavy (non-hydrogen) atoms. The summed E-state index contributed by atoms with van der Waals surface area (Å²) < 4.78 is 1.81. The zero-order valence-electron chi connectivity index (χ0n) is 11.9. The highest BCUT2D eigenvalue weighted by molar-refractivity contribution is 5.51. The van der Waals surface area contributed by atoms with E-state index in [1.54, 1.807) is 0 Å². The summed E-state index contributed by atoms with van der Waals surface area (Å²) in [6.45, 7) is 2.18. The molecular formula is C15H22N4. The van der Waals surface area contributed by atoms with Gasteiger partial charge in [-0.05, 0) is 37.1 Å². The summed E-state index contributed by atoms with van der Waals surface area (Å²) in [6.07, 6.45) is 3.31. The SMILES string of the molecule is CCCCc1cc(N)n(-c2ccc(N(C)C)cc2)n1. The van der Waals surface area contributed by atoms with E-state index in [4.69, 9.17) is 5.73 Å². The van der Waals surface area contributed by atoms with Gasteiger partial charge in [-0.25, -0.2) is 4.68 Å². The molecule has 0 aliphatic rings. The van der Waals surface area contributed by atoms with Gasteiger partial charge in [0.25, 0.3) is 0 Å². The second kappa shape index (κ2) is 5.78. The summed E-state index contributed by atoms with van der Waals surface area (Å²) >= 11 is 0. The Labute approximate surface area is 114 Å². The van der Waals surface area contributed by atoms with Crippen LogP contribution in [-0.4, -0.2) is 23.9 Å². The van der Waals surface area contributed by atoms with Gasteiger partial charge < -0.3 is 10.6 Å². The standard InChI is InChI=1S/C15H22N4/c1-4-5-6-12-11-15(16)19(17-12)14-9-7-13(8-10-14)18(2)3/h7-11H,4-6,16H2,1-3H3. The topological polar surface area (TPSA) is 47.1 Å². The minimum Gasteiger partial charge on any atom is -0.384 e. The van der Waals surface area contributed by atoms with Crippen LogP contribution >= 0.6 is 0 Å². The van der Waals surface area contributed by atoms with Gasteiger partial charge in [0.15, 0.2) is 0 Å². The van der Waals surface area contributed by atoms with Crippen LogP contribution in [0.1, 0.15) is 25.5 Å². The first kappa shape index (κ1) is 13.5. The highest BCUT2D eigenvalue weighted by Crippen LogP contribution is 2.19. The van der Waals surface area contributed by atoms with Crippen molar-refractivity contribution in [3.8, 4) is 5.69 Å². The van der Waals surface area contributed by atoms with Gasteiger partial charge >= 0.3 is 0 Å². The van der Waals surface area contributed by atoms with Crippen molar-refractivity contribution in [2.45, 2.75) is 26.2 Å². The van der Waals surface area contributed by atoms with Gasteiger partial charge in [-0.15, -0.1) is 0 Å². The van der Waals surface area contributed by atoms with Crippen molar-refractivity contribution < 1.29 is 0 Å². The van der Waals surface area contributed by atoms with Gasteiger partial charge in [-0.1, -0.05) is 13.3 Å². The third-order valence-electron chi connectivity index (χ3n) is 3.18. The predicted octanol–water partition coefficient (Wildman–Crippen LogP) is 2.86. The average Bonchev–Trinajstić information content (AvgIpc) is 2.77. The number of benzene rings is 1. The number of anilines is 2. The Morgan fingerprint density at radius 3 is 2.47 bits per heavy atom. The van der Waals surface area contributed by atoms with Gasteiger partial charge in [0.05, 0.1) is 11.4 Å². The minimum atomic E-state index is 0.698. The van der Waals surface area contributed by atoms with Crippen molar-refractivity contribution in [3.63, 3.8) is 0 Å². The number of aromatic nitrogens is 2. The lowest BCUT2D eigenvalue weighted by Gasteiger charge is -2.13. The van der Waals surface area contributed by atoms with Crippen molar-refractivity contribution in [1.29, 1.82) is 0 Å². The predicted molar refractivity (Wildman–Crippen MR) is 80.9 cm³/mol. The van der Waals surface area contributed by atoms with Crippen molar-refractivity contribution in [1.82, 2.24) is 9.78 Å². The third kappa shape index (κ3) is 3.08. The molecule has 0 fully saturated rings. The number of nitrogens with two attached hydrogens (primary N) is 1. The Hall–Kier alpha value is -1.97. The summed E-state index contributed by atoms with van der Waals surface area (Å²) in [5.41, 5.74) is 9.27. The Balaban J connectivity index is 2.23. The molecule has 1 aromatic heterocycles. The molecule has 0 spiro atoms. The molecule has 0 radical (unpaired) electrons. The zero-order valence-corrected chi connectivity index (χ0v) is 11.9. The van der Waals surface area contributed by atoms with Crippen LogP contribution in [0.15, 0.2) is 30.3 Å². The minimum absolute atomic E-state index is 0.698. The van der Waals surface area contributed by atoms with Gasteiger partial charge in [-0.2, -0.15) is 5.10 Å². The molecule has 2 aromatic rings. The van der Waals surface area contributed by atoms with E-state index < -0.39 is 0 Å². The van der Waals surface area contributed by atoms with E-state index in [2.05, 4.69) is 29.1 Å². The molecule has 4 heteroatoms. The molecule has 2 rings (SSSR count). The molecule has 1 heterocycles. The molecule has 102 valence electrons. The van der Waals surface area contributed by atoms with E-state index in [1.807, 2.05) is 37.0 Å². The number of hydrogen-bond donors (Lipinski definition) is 1. The van der Waals surface area contributed by atoms with E-state index in [1.165, 1.54) is 12.1 Å². The number of nitrogen functional groups attached to an aromatic ring is 1. The van der Waals surface area contributed by atoms with Crippen LogP contribution in [0.4, 0.5) is 11.5 Å². The van der Waals surface area contributed by atoms with Crippen molar-refractivity contribution >= 4 is 11.5 Å². The summed E-state index contributed by atoms with van der Waals surface area (Å²) in [5.74, 6) is 0.698. The highest BCUT2D eigenvalue weighted by atomic mass is 15.3. The average molecular weight is 258 g/mol. The molecule has 0 amide bonds. The summed E-state index contributed by atoms with van der Waals surface area (Å²) in [5, 5.41) is 4.57. The van der Waals surface area contributed by atoms with Gasteiger partial charge in [0.2, 0.25) is 0 Å². The number of aryl methyl sites for hydroxylation is 1. The smallest absolute Gasteiger partial charge is 0.127 e. The second-order valence-corrected chi connectivity index (χ2v) is 4.99. The maximum atomic E-state index is 6.03. The number of rotatable bonds is 5. The lowest BCUT2D eigenvalue weighted by atomic mass is 10.2. The summed E-state index contributed by atoms with van der Waals surface area (Å²) in [4.78, 5) is 2.07. The number of hydrogen-bond acceptors (Lipinski definition) is 3.